The van der Waals surface area contributed by atoms with Gasteiger partial charge in [0, 0.05) is 51.1 Å². The molecule has 1 N–H and O–H groups in total. The van der Waals surface area contributed by atoms with Crippen LogP contribution >= 0.6 is 0 Å². The SMILES string of the molecule is CC(C)(C)C(=O)NCCC(=O)N1CCCN(Cc2ccc(F)cc2)CC1. The highest BCUT2D eigenvalue weighted by atomic mass is 19.1. The summed E-state index contributed by atoms with van der Waals surface area (Å²) in [5.41, 5.74) is 0.642. The molecule has 1 aliphatic rings. The predicted molar refractivity (Wildman–Crippen MR) is 100.0 cm³/mol. The molecule has 5 nitrogen and oxygen atoms in total. The molecule has 0 aliphatic carbocycles. The van der Waals surface area contributed by atoms with Gasteiger partial charge in [-0.3, -0.25) is 14.5 Å². The highest BCUT2D eigenvalue weighted by Crippen LogP contribution is 2.13. The topological polar surface area (TPSA) is 52.7 Å². The molecular weight excluding hydrogens is 333 g/mol. The summed E-state index contributed by atoms with van der Waals surface area (Å²) in [5.74, 6) is -0.172. The maximum absolute atomic E-state index is 13.0. The van der Waals surface area contributed by atoms with E-state index >= 15 is 0 Å². The third-order valence-corrected chi connectivity index (χ3v) is 4.57. The molecule has 0 atom stereocenters. The van der Waals surface area contributed by atoms with Crippen molar-refractivity contribution < 1.29 is 14.0 Å². The lowest BCUT2D eigenvalue weighted by molar-refractivity contribution is -0.131. The lowest BCUT2D eigenvalue weighted by Crippen LogP contribution is -2.39. The van der Waals surface area contributed by atoms with Crippen LogP contribution in [0.4, 0.5) is 4.39 Å². The first kappa shape index (κ1) is 20.4. The monoisotopic (exact) mass is 363 g/mol. The van der Waals surface area contributed by atoms with Gasteiger partial charge in [-0.25, -0.2) is 4.39 Å². The normalized spacial score (nSPS) is 16.2. The summed E-state index contributed by atoms with van der Waals surface area (Å²) in [5, 5.41) is 2.83. The standard InChI is InChI=1S/C20H30FN3O2/c1-20(2,3)19(26)22-10-9-18(25)24-12-4-11-23(13-14-24)15-16-5-7-17(21)8-6-16/h5-8H,4,9-15H2,1-3H3,(H,22,26). The van der Waals surface area contributed by atoms with Gasteiger partial charge in [-0.05, 0) is 24.1 Å². The fraction of sp³-hybridized carbons (Fsp3) is 0.600. The van der Waals surface area contributed by atoms with E-state index in [4.69, 9.17) is 0 Å². The van der Waals surface area contributed by atoms with E-state index in [0.29, 0.717) is 19.5 Å². The second kappa shape index (κ2) is 9.12. The van der Waals surface area contributed by atoms with Crippen LogP contribution in [0.1, 0.15) is 39.2 Å². The third-order valence-electron chi connectivity index (χ3n) is 4.57. The van der Waals surface area contributed by atoms with E-state index in [1.807, 2.05) is 25.7 Å². The van der Waals surface area contributed by atoms with E-state index in [0.717, 1.165) is 38.2 Å². The summed E-state index contributed by atoms with van der Waals surface area (Å²) in [6, 6.07) is 6.58. The van der Waals surface area contributed by atoms with Crippen molar-refractivity contribution in [3.05, 3.63) is 35.6 Å². The zero-order valence-corrected chi connectivity index (χ0v) is 16.1. The van der Waals surface area contributed by atoms with E-state index in [1.165, 1.54) is 12.1 Å². The van der Waals surface area contributed by atoms with Crippen LogP contribution in [0.25, 0.3) is 0 Å². The van der Waals surface area contributed by atoms with Crippen LogP contribution in [0, 0.1) is 11.2 Å². The Morgan fingerprint density at radius 3 is 2.42 bits per heavy atom. The molecule has 1 saturated heterocycles. The number of rotatable bonds is 5. The molecule has 0 aromatic heterocycles. The van der Waals surface area contributed by atoms with Gasteiger partial charge in [-0.2, -0.15) is 0 Å². The third kappa shape index (κ3) is 6.41. The van der Waals surface area contributed by atoms with Gasteiger partial charge in [0.1, 0.15) is 5.82 Å². The number of nitrogens with zero attached hydrogens (tertiary/aromatic N) is 2. The van der Waals surface area contributed by atoms with Crippen LogP contribution in [-0.2, 0) is 16.1 Å². The lowest BCUT2D eigenvalue weighted by Gasteiger charge is -2.23. The predicted octanol–water partition coefficient (Wildman–Crippen LogP) is 2.41. The average molecular weight is 363 g/mol. The highest BCUT2D eigenvalue weighted by molar-refractivity contribution is 5.82. The van der Waals surface area contributed by atoms with Crippen molar-refractivity contribution in [1.82, 2.24) is 15.1 Å². The van der Waals surface area contributed by atoms with Crippen molar-refractivity contribution >= 4 is 11.8 Å². The number of carbonyl (C=O) groups excluding carboxylic acids is 2. The Bertz CT molecular complexity index is 610. The maximum atomic E-state index is 13.0. The first-order valence-electron chi connectivity index (χ1n) is 9.28. The highest BCUT2D eigenvalue weighted by Gasteiger charge is 2.22. The summed E-state index contributed by atoms with van der Waals surface area (Å²) in [4.78, 5) is 28.4. The van der Waals surface area contributed by atoms with E-state index < -0.39 is 5.41 Å². The van der Waals surface area contributed by atoms with Gasteiger partial charge >= 0.3 is 0 Å². The minimum Gasteiger partial charge on any atom is -0.355 e. The molecule has 0 radical (unpaired) electrons. The quantitative estimate of drug-likeness (QED) is 0.874. The largest absolute Gasteiger partial charge is 0.355 e. The number of nitrogens with one attached hydrogen (secondary N) is 1. The molecule has 2 amide bonds. The average Bonchev–Trinajstić information content (AvgIpc) is 2.81. The van der Waals surface area contributed by atoms with E-state index in [9.17, 15) is 14.0 Å². The summed E-state index contributed by atoms with van der Waals surface area (Å²) >= 11 is 0. The van der Waals surface area contributed by atoms with Gasteiger partial charge in [-0.1, -0.05) is 32.9 Å². The molecule has 0 unspecified atom stereocenters. The number of hydrogen-bond acceptors (Lipinski definition) is 3. The number of halogens is 1. The van der Waals surface area contributed by atoms with E-state index in [1.54, 1.807) is 12.1 Å². The second-order valence-corrected chi connectivity index (χ2v) is 7.89. The number of benzene rings is 1. The Morgan fingerprint density at radius 2 is 1.77 bits per heavy atom. The molecule has 2 rings (SSSR count). The molecule has 0 bridgehead atoms. The molecule has 1 aliphatic heterocycles. The van der Waals surface area contributed by atoms with Gasteiger partial charge in [0.2, 0.25) is 11.8 Å². The van der Waals surface area contributed by atoms with Crippen LogP contribution in [0.3, 0.4) is 0 Å². The van der Waals surface area contributed by atoms with Gasteiger partial charge in [0.25, 0.3) is 0 Å². The van der Waals surface area contributed by atoms with Crippen molar-refractivity contribution in [2.45, 2.75) is 40.2 Å². The van der Waals surface area contributed by atoms with Crippen molar-refractivity contribution in [2.24, 2.45) is 5.41 Å². The Hall–Kier alpha value is -1.95. The van der Waals surface area contributed by atoms with Gasteiger partial charge in [-0.15, -0.1) is 0 Å². The first-order valence-corrected chi connectivity index (χ1v) is 9.28. The zero-order chi connectivity index (χ0) is 19.2. The minimum absolute atomic E-state index is 0.0355. The van der Waals surface area contributed by atoms with Crippen molar-refractivity contribution in [3.8, 4) is 0 Å². The molecule has 144 valence electrons. The Balaban J connectivity index is 1.75. The van der Waals surface area contributed by atoms with Crippen LogP contribution < -0.4 is 5.32 Å². The van der Waals surface area contributed by atoms with Crippen LogP contribution in [0.2, 0.25) is 0 Å². The minimum atomic E-state index is -0.438. The number of amides is 2. The lowest BCUT2D eigenvalue weighted by atomic mass is 9.96. The molecule has 26 heavy (non-hydrogen) atoms. The van der Waals surface area contributed by atoms with Gasteiger partial charge in [0.15, 0.2) is 0 Å². The first-order chi connectivity index (χ1) is 12.3. The summed E-state index contributed by atoms with van der Waals surface area (Å²) in [6.07, 6.45) is 1.25. The van der Waals surface area contributed by atoms with E-state index in [-0.39, 0.29) is 17.6 Å². The van der Waals surface area contributed by atoms with Crippen molar-refractivity contribution in [2.75, 3.05) is 32.7 Å². The van der Waals surface area contributed by atoms with Crippen LogP contribution in [0.5, 0.6) is 0 Å². The molecule has 1 aromatic rings. The molecule has 1 fully saturated rings. The summed E-state index contributed by atoms with van der Waals surface area (Å²) in [6.45, 7) is 9.87. The summed E-state index contributed by atoms with van der Waals surface area (Å²) < 4.78 is 13.0. The fourth-order valence-corrected chi connectivity index (χ4v) is 2.93. The molecule has 0 saturated carbocycles. The van der Waals surface area contributed by atoms with Crippen LogP contribution in [0.15, 0.2) is 24.3 Å². The maximum Gasteiger partial charge on any atom is 0.225 e. The van der Waals surface area contributed by atoms with Crippen molar-refractivity contribution in [1.29, 1.82) is 0 Å². The van der Waals surface area contributed by atoms with E-state index in [2.05, 4.69) is 10.2 Å². The second-order valence-electron chi connectivity index (χ2n) is 7.89. The van der Waals surface area contributed by atoms with Crippen LogP contribution in [-0.4, -0.2) is 54.3 Å². The fourth-order valence-electron chi connectivity index (χ4n) is 2.93. The molecule has 1 heterocycles. The molecule has 0 spiro atoms. The summed E-state index contributed by atoms with van der Waals surface area (Å²) in [7, 11) is 0. The van der Waals surface area contributed by atoms with Crippen molar-refractivity contribution in [3.63, 3.8) is 0 Å². The molecular formula is C20H30FN3O2. The van der Waals surface area contributed by atoms with Gasteiger partial charge in [0.05, 0.1) is 0 Å². The molecule has 1 aromatic carbocycles. The number of carbonyl (C=O) groups is 2. The zero-order valence-electron chi connectivity index (χ0n) is 16.1. The Kier molecular flexibility index (Phi) is 7.14. The Labute approximate surface area is 155 Å². The Morgan fingerprint density at radius 1 is 1.08 bits per heavy atom. The smallest absolute Gasteiger partial charge is 0.225 e. The number of hydrogen-bond donors (Lipinski definition) is 1. The van der Waals surface area contributed by atoms with Gasteiger partial charge < -0.3 is 10.2 Å². The molecule has 6 heteroatoms.